The van der Waals surface area contributed by atoms with Crippen LogP contribution in [0.15, 0.2) is 12.2 Å². The summed E-state index contributed by atoms with van der Waals surface area (Å²) in [6.07, 6.45) is 4.02. The molecular formula is C12H26O2Si. The minimum atomic E-state index is -1.60. The third-order valence-corrected chi connectivity index (χ3v) is 7.60. The number of hydrogen-bond donors (Lipinski definition) is 1. The molecule has 0 fully saturated rings. The monoisotopic (exact) mass is 230 g/mol. The first-order chi connectivity index (χ1) is 6.70. The molecule has 3 heteroatoms. The standard InChI is InChI=1S/C12H26O2Si/c1-11(10-13)8-7-9-14-15(5,6)12(2,3)4/h7-8,11,13H,9-10H2,1-6H3/b8-7+/t11-/m0/s1. The van der Waals surface area contributed by atoms with Gasteiger partial charge < -0.3 is 9.53 Å². The Bertz CT molecular complexity index is 204. The van der Waals surface area contributed by atoms with Crippen LogP contribution in [0.3, 0.4) is 0 Å². The Labute approximate surface area is 95.5 Å². The molecule has 0 aromatic heterocycles. The van der Waals surface area contributed by atoms with Gasteiger partial charge in [-0.2, -0.15) is 0 Å². The fourth-order valence-electron chi connectivity index (χ4n) is 0.822. The maximum absolute atomic E-state index is 8.84. The van der Waals surface area contributed by atoms with Gasteiger partial charge in [0.2, 0.25) is 0 Å². The lowest BCUT2D eigenvalue weighted by Gasteiger charge is -2.35. The van der Waals surface area contributed by atoms with Gasteiger partial charge in [-0.15, -0.1) is 0 Å². The maximum Gasteiger partial charge on any atom is 0.192 e. The first kappa shape index (κ1) is 14.9. The van der Waals surface area contributed by atoms with Crippen molar-refractivity contribution in [3.8, 4) is 0 Å². The molecule has 15 heavy (non-hydrogen) atoms. The van der Waals surface area contributed by atoms with Crippen molar-refractivity contribution in [1.29, 1.82) is 0 Å². The fraction of sp³-hybridized carbons (Fsp3) is 0.833. The van der Waals surface area contributed by atoms with Gasteiger partial charge in [0.1, 0.15) is 0 Å². The van der Waals surface area contributed by atoms with Crippen LogP contribution in [-0.2, 0) is 4.43 Å². The van der Waals surface area contributed by atoms with Crippen molar-refractivity contribution >= 4 is 8.32 Å². The van der Waals surface area contributed by atoms with E-state index in [4.69, 9.17) is 9.53 Å². The van der Waals surface area contributed by atoms with Crippen LogP contribution in [0, 0.1) is 5.92 Å². The SMILES string of the molecule is C[C@@H](/C=C/CO[Si](C)(C)C(C)(C)C)CO. The second kappa shape index (κ2) is 5.82. The van der Waals surface area contributed by atoms with Gasteiger partial charge in [0.15, 0.2) is 8.32 Å². The van der Waals surface area contributed by atoms with Gasteiger partial charge in [0.05, 0.1) is 6.61 Å². The molecule has 0 aliphatic carbocycles. The molecule has 2 nitrogen and oxygen atoms in total. The molecule has 0 saturated carbocycles. The third kappa shape index (κ3) is 5.49. The molecule has 1 N–H and O–H groups in total. The molecule has 0 spiro atoms. The first-order valence-electron chi connectivity index (χ1n) is 5.62. The minimum Gasteiger partial charge on any atom is -0.413 e. The van der Waals surface area contributed by atoms with Gasteiger partial charge in [-0.1, -0.05) is 39.8 Å². The van der Waals surface area contributed by atoms with Crippen LogP contribution in [0.2, 0.25) is 18.1 Å². The number of aliphatic hydroxyl groups is 1. The molecule has 0 aromatic carbocycles. The molecule has 0 rings (SSSR count). The summed E-state index contributed by atoms with van der Waals surface area (Å²) in [7, 11) is -1.60. The molecule has 0 unspecified atom stereocenters. The fourth-order valence-corrected chi connectivity index (χ4v) is 1.77. The summed E-state index contributed by atoms with van der Waals surface area (Å²) in [6, 6.07) is 0. The summed E-state index contributed by atoms with van der Waals surface area (Å²) in [5.74, 6) is 0.230. The number of hydrogen-bond acceptors (Lipinski definition) is 2. The molecule has 0 aliphatic heterocycles. The van der Waals surface area contributed by atoms with E-state index >= 15 is 0 Å². The summed E-state index contributed by atoms with van der Waals surface area (Å²) in [4.78, 5) is 0. The van der Waals surface area contributed by atoms with Crippen LogP contribution in [0.5, 0.6) is 0 Å². The van der Waals surface area contributed by atoms with Crippen molar-refractivity contribution in [2.24, 2.45) is 5.92 Å². The number of rotatable bonds is 5. The zero-order valence-electron chi connectivity index (χ0n) is 11.0. The van der Waals surface area contributed by atoms with E-state index in [1.807, 2.05) is 19.1 Å². The summed E-state index contributed by atoms with van der Waals surface area (Å²) < 4.78 is 5.96. The zero-order valence-corrected chi connectivity index (χ0v) is 12.0. The molecule has 0 aliphatic rings. The summed E-state index contributed by atoms with van der Waals surface area (Å²) in [6.45, 7) is 14.1. The Kier molecular flexibility index (Phi) is 5.78. The Morgan fingerprint density at radius 2 is 1.87 bits per heavy atom. The van der Waals surface area contributed by atoms with E-state index in [1.54, 1.807) is 0 Å². The van der Waals surface area contributed by atoms with Gasteiger partial charge in [-0.3, -0.25) is 0 Å². The predicted molar refractivity (Wildman–Crippen MR) is 68.5 cm³/mol. The molecule has 1 atom stereocenters. The predicted octanol–water partition coefficient (Wildman–Crippen LogP) is 3.19. The smallest absolute Gasteiger partial charge is 0.192 e. The average molecular weight is 230 g/mol. The molecule has 90 valence electrons. The lowest BCUT2D eigenvalue weighted by molar-refractivity contribution is 0.261. The lowest BCUT2D eigenvalue weighted by atomic mass is 10.2. The Morgan fingerprint density at radius 1 is 1.33 bits per heavy atom. The van der Waals surface area contributed by atoms with Crippen molar-refractivity contribution < 1.29 is 9.53 Å². The largest absolute Gasteiger partial charge is 0.413 e. The van der Waals surface area contributed by atoms with Gasteiger partial charge in [0, 0.05) is 6.61 Å². The van der Waals surface area contributed by atoms with Crippen LogP contribution >= 0.6 is 0 Å². The van der Waals surface area contributed by atoms with E-state index in [-0.39, 0.29) is 17.6 Å². The van der Waals surface area contributed by atoms with E-state index < -0.39 is 8.32 Å². The average Bonchev–Trinajstić information content (AvgIpc) is 2.10. The summed E-state index contributed by atoms with van der Waals surface area (Å²) >= 11 is 0. The highest BCUT2D eigenvalue weighted by Gasteiger charge is 2.36. The molecule has 0 aromatic rings. The lowest BCUT2D eigenvalue weighted by Crippen LogP contribution is -2.40. The van der Waals surface area contributed by atoms with E-state index in [0.29, 0.717) is 6.61 Å². The zero-order chi connectivity index (χ0) is 12.1. The van der Waals surface area contributed by atoms with E-state index in [1.165, 1.54) is 0 Å². The van der Waals surface area contributed by atoms with Crippen molar-refractivity contribution in [1.82, 2.24) is 0 Å². The van der Waals surface area contributed by atoms with Gasteiger partial charge in [-0.25, -0.2) is 0 Å². The van der Waals surface area contributed by atoms with Crippen LogP contribution in [-0.4, -0.2) is 26.6 Å². The number of aliphatic hydroxyl groups excluding tert-OH is 1. The molecular weight excluding hydrogens is 204 g/mol. The Hall–Kier alpha value is -0.123. The summed E-state index contributed by atoms with van der Waals surface area (Å²) in [5, 5.41) is 9.11. The quantitative estimate of drug-likeness (QED) is 0.580. The first-order valence-corrected chi connectivity index (χ1v) is 8.53. The molecule has 0 heterocycles. The van der Waals surface area contributed by atoms with Crippen molar-refractivity contribution in [3.63, 3.8) is 0 Å². The van der Waals surface area contributed by atoms with Crippen molar-refractivity contribution in [2.45, 2.75) is 45.8 Å². The van der Waals surface area contributed by atoms with E-state index in [2.05, 4.69) is 33.9 Å². The minimum absolute atomic E-state index is 0.205. The van der Waals surface area contributed by atoms with E-state index in [0.717, 1.165) is 0 Å². The van der Waals surface area contributed by atoms with Gasteiger partial charge >= 0.3 is 0 Å². The van der Waals surface area contributed by atoms with Gasteiger partial charge in [0.25, 0.3) is 0 Å². The van der Waals surface area contributed by atoms with Crippen LogP contribution in [0.1, 0.15) is 27.7 Å². The molecule has 0 bridgehead atoms. The topological polar surface area (TPSA) is 29.5 Å². The van der Waals surface area contributed by atoms with Gasteiger partial charge in [-0.05, 0) is 24.1 Å². The molecule has 0 amide bonds. The van der Waals surface area contributed by atoms with Crippen molar-refractivity contribution in [3.05, 3.63) is 12.2 Å². The normalized spacial score (nSPS) is 15.9. The van der Waals surface area contributed by atoms with Crippen molar-refractivity contribution in [2.75, 3.05) is 13.2 Å². The summed E-state index contributed by atoms with van der Waals surface area (Å²) in [5.41, 5.74) is 0. The highest BCUT2D eigenvalue weighted by atomic mass is 28.4. The van der Waals surface area contributed by atoms with Crippen LogP contribution in [0.25, 0.3) is 0 Å². The van der Waals surface area contributed by atoms with E-state index in [9.17, 15) is 0 Å². The Morgan fingerprint density at radius 3 is 2.27 bits per heavy atom. The Balaban J connectivity index is 4.01. The second-order valence-corrected chi connectivity index (χ2v) is 10.5. The maximum atomic E-state index is 8.84. The second-order valence-electron chi connectivity index (χ2n) is 5.66. The molecule has 0 saturated heterocycles. The van der Waals surface area contributed by atoms with Crippen LogP contribution < -0.4 is 0 Å². The third-order valence-electron chi connectivity index (χ3n) is 3.10. The van der Waals surface area contributed by atoms with Crippen LogP contribution in [0.4, 0.5) is 0 Å². The highest BCUT2D eigenvalue weighted by molar-refractivity contribution is 6.74. The highest BCUT2D eigenvalue weighted by Crippen LogP contribution is 2.36. The molecule has 0 radical (unpaired) electrons.